The first kappa shape index (κ1) is 98.3. The molecule has 0 atom stereocenters. The van der Waals surface area contributed by atoms with Crippen molar-refractivity contribution in [3.05, 3.63) is 236 Å². The van der Waals surface area contributed by atoms with Crippen molar-refractivity contribution >= 4 is 115 Å². The highest BCUT2D eigenvalue weighted by molar-refractivity contribution is 6.12. The van der Waals surface area contributed by atoms with Crippen LogP contribution in [0.1, 0.15) is 112 Å². The molecule has 9 heterocycles. The van der Waals surface area contributed by atoms with Gasteiger partial charge in [0.05, 0.1) is 79.8 Å². The Morgan fingerprint density at radius 3 is 0.969 bits per heavy atom. The average molecular weight is 1780 g/mol. The largest absolute Gasteiger partial charge is 0.396 e. The monoisotopic (exact) mass is 1770 g/mol. The Kier molecular flexibility index (Phi) is 33.9. The van der Waals surface area contributed by atoms with E-state index in [2.05, 4.69) is 69.9 Å². The number of amides is 4. The molecule has 1 aliphatic rings. The minimum absolute atomic E-state index is 0.00287. The number of anilines is 4. The third-order valence-corrected chi connectivity index (χ3v) is 21.4. The van der Waals surface area contributed by atoms with Crippen LogP contribution in [0.2, 0.25) is 0 Å². The van der Waals surface area contributed by atoms with Gasteiger partial charge in [0.1, 0.15) is 71.2 Å². The molecule has 0 unspecified atom stereocenters. The number of rotatable bonds is 29. The molecular weight excluding hydrogens is 1670 g/mol. The van der Waals surface area contributed by atoms with Crippen LogP contribution < -0.4 is 33.6 Å². The molecule has 1 aliphatic heterocycles. The van der Waals surface area contributed by atoms with Crippen LogP contribution in [0.4, 0.5) is 23.3 Å². The van der Waals surface area contributed by atoms with E-state index >= 15 is 0 Å². The van der Waals surface area contributed by atoms with E-state index in [-0.39, 0.29) is 66.8 Å². The average Bonchev–Trinajstić information content (AvgIpc) is 1.61. The van der Waals surface area contributed by atoms with Crippen LogP contribution in [0.15, 0.2) is 145 Å². The Bertz CT molecular complexity index is 6440. The van der Waals surface area contributed by atoms with Crippen molar-refractivity contribution < 1.29 is 54.6 Å². The van der Waals surface area contributed by atoms with Crippen molar-refractivity contribution in [3.8, 4) is 44.5 Å². The third kappa shape index (κ3) is 23.2. The maximum atomic E-state index is 13.1. The first-order valence-corrected chi connectivity index (χ1v) is 42.5. The van der Waals surface area contributed by atoms with Crippen molar-refractivity contribution in [1.29, 1.82) is 0 Å². The highest BCUT2D eigenvalue weighted by Crippen LogP contribution is 2.44. The number of nitrogen functional groups attached to an aromatic ring is 4. The van der Waals surface area contributed by atoms with Gasteiger partial charge in [0.2, 0.25) is 0 Å². The fraction of sp³-hybridized carbons (Fsp3) is 0.333. The zero-order chi connectivity index (χ0) is 95.0. The molecule has 35 nitrogen and oxygen atoms in total. The summed E-state index contributed by atoms with van der Waals surface area (Å²) in [4.78, 5) is 103. The van der Waals surface area contributed by atoms with Gasteiger partial charge < -0.3 is 97.0 Å². The number of hydrogen-bond donors (Lipinski definition) is 12. The normalized spacial score (nSPS) is 12.5. The number of benzene rings is 4. The quantitative estimate of drug-likeness (QED) is 0.0153. The fourth-order valence-electron chi connectivity index (χ4n) is 14.8. The highest BCUT2D eigenvalue weighted by Gasteiger charge is 2.32. The molecule has 0 saturated carbocycles. The Morgan fingerprint density at radius 2 is 0.710 bits per heavy atom. The molecule has 12 aromatic rings. The van der Waals surface area contributed by atoms with Crippen molar-refractivity contribution in [2.75, 3.05) is 102 Å². The maximum Gasteiger partial charge on any atom is 0.253 e. The van der Waals surface area contributed by atoms with E-state index in [1.165, 1.54) is 38.3 Å². The van der Waals surface area contributed by atoms with Gasteiger partial charge in [-0.1, -0.05) is 126 Å². The zero-order valence-corrected chi connectivity index (χ0v) is 75.1. The molecule has 0 aliphatic carbocycles. The molecule has 680 valence electrons. The number of aryl methyl sites for hydroxylation is 8. The van der Waals surface area contributed by atoms with Crippen molar-refractivity contribution in [3.63, 3.8) is 0 Å². The summed E-state index contributed by atoms with van der Waals surface area (Å²) in [7, 11) is 1.69. The first-order valence-electron chi connectivity index (χ1n) is 42.5. The molecule has 0 bridgehead atoms. The number of likely N-dealkylation sites (N-methyl/N-ethyl adjacent to an activating group) is 1. The number of fused-ring (bicyclic) bond motifs is 4. The molecule has 35 heteroatoms. The summed E-state index contributed by atoms with van der Waals surface area (Å²) in [5.74, 6) is -0.672. The minimum atomic E-state index is -1.29. The summed E-state index contributed by atoms with van der Waals surface area (Å²) in [5, 5.41) is 64.8. The summed E-state index contributed by atoms with van der Waals surface area (Å²) < 4.78 is 12.8. The van der Waals surface area contributed by atoms with Crippen LogP contribution in [0.5, 0.6) is 0 Å². The van der Waals surface area contributed by atoms with Crippen LogP contribution in [0.25, 0.3) is 132 Å². The second-order valence-corrected chi connectivity index (χ2v) is 32.5. The van der Waals surface area contributed by atoms with Gasteiger partial charge in [-0.15, -0.1) is 0 Å². The molecule has 1 saturated heterocycles. The SMILES string of the molecule is [C-]#[N+]/C(=C\c1c(-c2ccc(C)cc2)c2c(N)ncnc2n1CCCO)C(=O)N(C)CCC.[C-]#[N+]/C(=C\c1c(-c2ccc(C)cc2)c2c(N)ncnc2n1CCCO)C(=O)N1CCOCC1.[C-]#[N+]/C(=C\c1c(-c2ccc(C)cc2)c2c(N)ncnc2n1CCCO)C(=O)NC(C)(C)C.[C-]#[N+]/C(=C\c1c(-c2ccc(C)cc2)c2c(N)ncnc2n1CCCO)C(=O)NC(C)(CO)CO. The summed E-state index contributed by atoms with van der Waals surface area (Å²) in [6, 6.07) is 31.5. The lowest BCUT2D eigenvalue weighted by Gasteiger charge is -2.26. The van der Waals surface area contributed by atoms with Gasteiger partial charge in [0.25, 0.3) is 46.4 Å². The number of nitrogens with two attached hydrogens (primary N) is 4. The van der Waals surface area contributed by atoms with E-state index in [9.17, 15) is 49.8 Å². The van der Waals surface area contributed by atoms with E-state index in [0.717, 1.165) is 67.6 Å². The van der Waals surface area contributed by atoms with Gasteiger partial charge in [-0.3, -0.25) is 19.2 Å². The van der Waals surface area contributed by atoms with Crippen molar-refractivity contribution in [2.45, 2.75) is 132 Å². The van der Waals surface area contributed by atoms with Crippen LogP contribution >= 0.6 is 0 Å². The summed E-state index contributed by atoms with van der Waals surface area (Å²) in [6.07, 6.45) is 14.4. The highest BCUT2D eigenvalue weighted by atomic mass is 16.5. The molecule has 0 spiro atoms. The topological polar surface area (TPSA) is 474 Å². The smallest absolute Gasteiger partial charge is 0.253 e. The lowest BCUT2D eigenvalue weighted by atomic mass is 10.0. The number of nitrogens with one attached hydrogen (secondary N) is 2. The Balaban J connectivity index is 0.000000181. The molecule has 4 aromatic carbocycles. The van der Waals surface area contributed by atoms with E-state index < -0.39 is 36.1 Å². The van der Waals surface area contributed by atoms with Gasteiger partial charge in [0.15, 0.2) is 0 Å². The summed E-state index contributed by atoms with van der Waals surface area (Å²) in [6.45, 7) is 50.6. The number of nitrogens with zero attached hydrogens (tertiary/aromatic N) is 18. The van der Waals surface area contributed by atoms with Crippen LogP contribution in [-0.4, -0.2) is 213 Å². The van der Waals surface area contributed by atoms with Crippen molar-refractivity contribution in [2.24, 2.45) is 0 Å². The number of hydrogen-bond acceptors (Lipinski definition) is 23. The second kappa shape index (κ2) is 45.2. The van der Waals surface area contributed by atoms with Gasteiger partial charge in [0, 0.05) is 130 Å². The number of ether oxygens (including phenoxy) is 1. The number of carbonyl (C=O) groups excluding carboxylic acids is 4. The molecule has 4 amide bonds. The second-order valence-electron chi connectivity index (χ2n) is 32.5. The third-order valence-electron chi connectivity index (χ3n) is 21.4. The minimum Gasteiger partial charge on any atom is -0.396 e. The molecule has 16 N–H and O–H groups in total. The van der Waals surface area contributed by atoms with Gasteiger partial charge in [-0.05, 0) is 134 Å². The molecule has 8 aromatic heterocycles. The van der Waals surface area contributed by atoms with Crippen LogP contribution in [0.3, 0.4) is 0 Å². The summed E-state index contributed by atoms with van der Waals surface area (Å²) >= 11 is 0. The molecular formula is C96H110N24O11. The molecule has 131 heavy (non-hydrogen) atoms. The van der Waals surface area contributed by atoms with Crippen molar-refractivity contribution in [1.82, 2.24) is 78.6 Å². The van der Waals surface area contributed by atoms with E-state index in [1.54, 1.807) is 39.6 Å². The fourth-order valence-corrected chi connectivity index (χ4v) is 14.8. The Labute approximate surface area is 759 Å². The maximum absolute atomic E-state index is 13.1. The lowest BCUT2D eigenvalue weighted by Crippen LogP contribution is -2.52. The van der Waals surface area contributed by atoms with E-state index in [1.807, 2.05) is 166 Å². The van der Waals surface area contributed by atoms with Crippen LogP contribution in [0, 0.1) is 54.0 Å². The number of aromatic nitrogens is 12. The summed E-state index contributed by atoms with van der Waals surface area (Å²) in [5.41, 5.74) is 38.5. The standard InChI is InChI=1S/C24H28N6O4.C24H26N6O3.2C24H28N6O2/c1-15-5-7-16(8-6-15)19-18(11-17(26-3)23(34)29-24(2,12-32)13-33)30(9-4-10-31)22-20(19)21(25)27-14-28-22;1-16-4-6-17(7-5-16)20-19(14-18(26-2)24(32)29-9-12-33-13-10-29)30(8-3-11-31)23-21(20)22(25)27-15-28-23;1-15-7-9-16(10-8-15)19-18(13-17(26-5)23(32)29-24(2,3)4)30(11-6-12-31)22-20(19)21(25)27-14-28-22;1-5-11-29(4)24(32)18(26-3)14-19-20(17-9-7-16(2)8-10-17)21-22(25)27-15-28-23(21)30(19)12-6-13-31/h5-8,11,14,31-33H,4,9-10,12-13H2,1-2H3,(H,29,34)(H2,25,27,28);4-7,14-15,31H,3,8-13H2,1H3,(H2,25,27,28);7-10,13-14,31H,6,11-12H2,1-4H3,(H,29,32)(H2,25,27,28);7-10,14-15,31H,5-6,11-13H2,1-2,4H3,(H2,25,27,28)/b17-11-;18-14-;17-13-;18-14-. The van der Waals surface area contributed by atoms with Gasteiger partial charge in [-0.25, -0.2) is 59.3 Å². The first-order chi connectivity index (χ1) is 62.9. The number of aliphatic hydroxyl groups is 6. The van der Waals surface area contributed by atoms with Crippen LogP contribution in [-0.2, 0) is 50.1 Å². The molecule has 0 radical (unpaired) electrons. The predicted octanol–water partition coefficient (Wildman–Crippen LogP) is 11.0. The van der Waals surface area contributed by atoms with Gasteiger partial charge in [-0.2, -0.15) is 0 Å². The zero-order valence-electron chi connectivity index (χ0n) is 75.1. The van der Waals surface area contributed by atoms with E-state index in [4.69, 9.17) is 54.0 Å². The Morgan fingerprint density at radius 1 is 0.435 bits per heavy atom. The van der Waals surface area contributed by atoms with Gasteiger partial charge >= 0.3 is 0 Å². The lowest BCUT2D eigenvalue weighted by molar-refractivity contribution is -0.130. The molecule has 13 rings (SSSR count). The van der Waals surface area contributed by atoms with E-state index in [0.29, 0.717) is 175 Å². The molecule has 1 fully saturated rings. The number of morpholine rings is 1. The number of carbonyl (C=O) groups is 4. The predicted molar refractivity (Wildman–Crippen MR) is 508 cm³/mol. The number of aliphatic hydroxyl groups excluding tert-OH is 6. The Hall–Kier alpha value is -14.9.